The van der Waals surface area contributed by atoms with Crippen LogP contribution in [0.5, 0.6) is 0 Å². The van der Waals surface area contributed by atoms with Crippen molar-refractivity contribution in [3.05, 3.63) is 0 Å². The molecule has 0 aromatic carbocycles. The molecule has 0 aliphatic rings. The van der Waals surface area contributed by atoms with E-state index < -0.39 is 20.8 Å². The molecule has 15 heavy (non-hydrogen) atoms. The van der Waals surface area contributed by atoms with E-state index in [4.69, 9.17) is 4.55 Å². The third kappa shape index (κ3) is 4.61. The van der Waals surface area contributed by atoms with Gasteiger partial charge in [-0.3, -0.25) is 9.35 Å². The summed E-state index contributed by atoms with van der Waals surface area (Å²) in [6, 6.07) is 0. The summed E-state index contributed by atoms with van der Waals surface area (Å²) < 4.78 is 30.0. The van der Waals surface area contributed by atoms with E-state index in [2.05, 4.69) is 5.32 Å². The number of hydrogen-bond acceptors (Lipinski definition) is 3. The molecule has 6 heteroatoms. The third-order valence-corrected chi connectivity index (χ3v) is 3.74. The van der Waals surface area contributed by atoms with Crippen molar-refractivity contribution in [2.24, 2.45) is 5.41 Å². The molecule has 0 bridgehead atoms. The number of carbonyl (C=O) groups is 1. The van der Waals surface area contributed by atoms with Crippen molar-refractivity contribution in [1.29, 1.82) is 0 Å². The van der Waals surface area contributed by atoms with Gasteiger partial charge in [-0.25, -0.2) is 0 Å². The fraction of sp³-hybridized carbons (Fsp3) is 0.889. The van der Waals surface area contributed by atoms with Gasteiger partial charge in [-0.1, -0.05) is 20.8 Å². The van der Waals surface area contributed by atoms with Crippen molar-refractivity contribution in [3.8, 4) is 0 Å². The molecule has 0 aliphatic heterocycles. The van der Waals surface area contributed by atoms with Gasteiger partial charge in [0.2, 0.25) is 5.91 Å². The van der Waals surface area contributed by atoms with Crippen molar-refractivity contribution in [3.63, 3.8) is 0 Å². The monoisotopic (exact) mass is 237 g/mol. The minimum Gasteiger partial charge on any atom is -0.354 e. The maximum absolute atomic E-state index is 11.5. The first-order valence-corrected chi connectivity index (χ1v) is 6.36. The Morgan fingerprint density at radius 2 is 1.93 bits per heavy atom. The Morgan fingerprint density at radius 1 is 1.47 bits per heavy atom. The van der Waals surface area contributed by atoms with E-state index in [0.717, 1.165) is 0 Å². The van der Waals surface area contributed by atoms with Crippen LogP contribution in [0.2, 0.25) is 0 Å². The van der Waals surface area contributed by atoms with E-state index in [1.807, 2.05) is 6.92 Å². The molecule has 0 aromatic heterocycles. The fourth-order valence-electron chi connectivity index (χ4n) is 0.742. The molecule has 1 atom stereocenters. The molecule has 0 saturated heterocycles. The minimum absolute atomic E-state index is 0.0684. The van der Waals surface area contributed by atoms with Crippen molar-refractivity contribution in [2.45, 2.75) is 39.4 Å². The van der Waals surface area contributed by atoms with Gasteiger partial charge in [0.05, 0.1) is 0 Å². The van der Waals surface area contributed by atoms with Crippen molar-refractivity contribution in [2.75, 3.05) is 6.54 Å². The average Bonchev–Trinajstić information content (AvgIpc) is 2.11. The number of rotatable bonds is 5. The molecule has 90 valence electrons. The van der Waals surface area contributed by atoms with E-state index in [-0.39, 0.29) is 12.5 Å². The van der Waals surface area contributed by atoms with Gasteiger partial charge in [0.25, 0.3) is 10.1 Å². The SMILES string of the molecule is CCC(C)(C)C(=O)NCC(C)S(=O)(=O)O. The predicted molar refractivity (Wildman–Crippen MR) is 58.1 cm³/mol. The molecule has 0 rings (SSSR count). The lowest BCUT2D eigenvalue weighted by atomic mass is 9.89. The summed E-state index contributed by atoms with van der Waals surface area (Å²) >= 11 is 0. The summed E-state index contributed by atoms with van der Waals surface area (Å²) in [5.74, 6) is -0.208. The van der Waals surface area contributed by atoms with Crippen LogP contribution in [0.4, 0.5) is 0 Å². The molecule has 0 aromatic rings. The number of hydrogen-bond donors (Lipinski definition) is 2. The number of nitrogens with one attached hydrogen (secondary N) is 1. The fourth-order valence-corrected chi connectivity index (χ4v) is 1.04. The largest absolute Gasteiger partial charge is 0.354 e. The third-order valence-electron chi connectivity index (χ3n) is 2.56. The molecule has 0 aliphatic carbocycles. The second kappa shape index (κ2) is 4.94. The Kier molecular flexibility index (Phi) is 4.73. The summed E-state index contributed by atoms with van der Waals surface area (Å²) in [6.07, 6.45) is 0.666. The molecular formula is C9H19NO4S. The lowest BCUT2D eigenvalue weighted by Gasteiger charge is -2.22. The van der Waals surface area contributed by atoms with Crippen molar-refractivity contribution < 1.29 is 17.8 Å². The van der Waals surface area contributed by atoms with Gasteiger partial charge in [-0.05, 0) is 13.3 Å². The molecule has 0 heterocycles. The zero-order valence-corrected chi connectivity index (χ0v) is 10.4. The summed E-state index contributed by atoms with van der Waals surface area (Å²) in [7, 11) is -4.07. The zero-order valence-electron chi connectivity index (χ0n) is 9.57. The van der Waals surface area contributed by atoms with Gasteiger partial charge in [0, 0.05) is 12.0 Å². The lowest BCUT2D eigenvalue weighted by Crippen LogP contribution is -2.41. The van der Waals surface area contributed by atoms with E-state index in [0.29, 0.717) is 6.42 Å². The summed E-state index contributed by atoms with van der Waals surface area (Å²) in [6.45, 7) is 6.71. The van der Waals surface area contributed by atoms with Crippen LogP contribution in [0.3, 0.4) is 0 Å². The molecule has 1 unspecified atom stereocenters. The highest BCUT2D eigenvalue weighted by atomic mass is 32.2. The molecule has 0 spiro atoms. The van der Waals surface area contributed by atoms with Gasteiger partial charge in [-0.15, -0.1) is 0 Å². The van der Waals surface area contributed by atoms with E-state index >= 15 is 0 Å². The quantitative estimate of drug-likeness (QED) is 0.693. The van der Waals surface area contributed by atoms with Crippen molar-refractivity contribution in [1.82, 2.24) is 5.32 Å². The molecular weight excluding hydrogens is 218 g/mol. The van der Waals surface area contributed by atoms with Gasteiger partial charge >= 0.3 is 0 Å². The van der Waals surface area contributed by atoms with E-state index in [1.165, 1.54) is 6.92 Å². The van der Waals surface area contributed by atoms with Crippen LogP contribution in [0, 0.1) is 5.41 Å². The maximum atomic E-state index is 11.5. The zero-order chi connectivity index (χ0) is 12.3. The summed E-state index contributed by atoms with van der Waals surface area (Å²) in [5.41, 5.74) is -0.515. The average molecular weight is 237 g/mol. The first-order chi connectivity index (χ1) is 6.61. The van der Waals surface area contributed by atoms with Gasteiger partial charge in [0.15, 0.2) is 0 Å². The molecule has 0 fully saturated rings. The minimum atomic E-state index is -4.07. The number of amides is 1. The molecule has 0 saturated carbocycles. The Hall–Kier alpha value is -0.620. The van der Waals surface area contributed by atoms with Crippen LogP contribution in [0.25, 0.3) is 0 Å². The van der Waals surface area contributed by atoms with Crippen LogP contribution in [0.15, 0.2) is 0 Å². The maximum Gasteiger partial charge on any atom is 0.269 e. The Labute approximate surface area is 91.0 Å². The summed E-state index contributed by atoms with van der Waals surface area (Å²) in [4.78, 5) is 11.5. The molecule has 2 N–H and O–H groups in total. The van der Waals surface area contributed by atoms with Crippen LogP contribution in [0.1, 0.15) is 34.1 Å². The van der Waals surface area contributed by atoms with Crippen molar-refractivity contribution >= 4 is 16.0 Å². The first-order valence-electron chi connectivity index (χ1n) is 4.86. The second-order valence-electron chi connectivity index (χ2n) is 4.27. The number of carbonyl (C=O) groups excluding carboxylic acids is 1. The van der Waals surface area contributed by atoms with Crippen LogP contribution >= 0.6 is 0 Å². The van der Waals surface area contributed by atoms with E-state index in [1.54, 1.807) is 13.8 Å². The summed E-state index contributed by atoms with van der Waals surface area (Å²) in [5, 5.41) is 1.52. The normalized spacial score (nSPS) is 14.7. The smallest absolute Gasteiger partial charge is 0.269 e. The molecule has 5 nitrogen and oxygen atoms in total. The first kappa shape index (κ1) is 14.4. The van der Waals surface area contributed by atoms with Crippen LogP contribution < -0.4 is 5.32 Å². The van der Waals surface area contributed by atoms with Crippen LogP contribution in [-0.2, 0) is 14.9 Å². The Balaban J connectivity index is 4.25. The molecule has 0 radical (unpaired) electrons. The Bertz CT molecular complexity index is 321. The topological polar surface area (TPSA) is 83.5 Å². The van der Waals surface area contributed by atoms with Gasteiger partial charge in [0.1, 0.15) is 5.25 Å². The predicted octanol–water partition coefficient (Wildman–Crippen LogP) is 0.815. The van der Waals surface area contributed by atoms with Gasteiger partial charge in [-0.2, -0.15) is 8.42 Å². The van der Waals surface area contributed by atoms with Gasteiger partial charge < -0.3 is 5.32 Å². The highest BCUT2D eigenvalue weighted by molar-refractivity contribution is 7.86. The standard InChI is InChI=1S/C9H19NO4S/c1-5-9(3,4)8(11)10-6-7(2)15(12,13)14/h7H,5-6H2,1-4H3,(H,10,11)(H,12,13,14). The molecule has 1 amide bonds. The van der Waals surface area contributed by atoms with E-state index in [9.17, 15) is 13.2 Å². The Morgan fingerprint density at radius 3 is 2.27 bits per heavy atom. The van der Waals surface area contributed by atoms with Crippen LogP contribution in [-0.4, -0.2) is 30.7 Å². The lowest BCUT2D eigenvalue weighted by molar-refractivity contribution is -0.129. The second-order valence-corrected chi connectivity index (χ2v) is 6.11. The highest BCUT2D eigenvalue weighted by Crippen LogP contribution is 2.19. The highest BCUT2D eigenvalue weighted by Gasteiger charge is 2.26.